The highest BCUT2D eigenvalue weighted by molar-refractivity contribution is 5.55. The summed E-state index contributed by atoms with van der Waals surface area (Å²) in [6.45, 7) is 0.602. The third-order valence-corrected chi connectivity index (χ3v) is 4.36. The van der Waals surface area contributed by atoms with E-state index in [4.69, 9.17) is 23.7 Å². The maximum atomic E-state index is 9.62. The van der Waals surface area contributed by atoms with Crippen LogP contribution < -0.4 is 29.0 Å². The number of nitriles is 1. The molecule has 0 fully saturated rings. The van der Waals surface area contributed by atoms with Gasteiger partial charge in [0, 0.05) is 6.54 Å². The first kappa shape index (κ1) is 21.2. The lowest BCUT2D eigenvalue weighted by atomic mass is 10.1. The van der Waals surface area contributed by atoms with Crippen LogP contribution in [0.2, 0.25) is 0 Å². The van der Waals surface area contributed by atoms with Gasteiger partial charge in [-0.2, -0.15) is 5.26 Å². The monoisotopic (exact) mass is 386 g/mol. The van der Waals surface area contributed by atoms with Crippen LogP contribution in [-0.4, -0.2) is 42.1 Å². The Labute approximate surface area is 165 Å². The van der Waals surface area contributed by atoms with Crippen LogP contribution >= 0.6 is 0 Å². The SMILES string of the molecule is COc1ccc(CCN[C@@H](C#N)c2cc(OC)c(OC)c(OC)c2)cc1OC. The zero-order valence-corrected chi connectivity index (χ0v) is 16.9. The van der Waals surface area contributed by atoms with Gasteiger partial charge in [-0.1, -0.05) is 6.07 Å². The number of ether oxygens (including phenoxy) is 5. The van der Waals surface area contributed by atoms with Crippen molar-refractivity contribution in [3.63, 3.8) is 0 Å². The zero-order valence-electron chi connectivity index (χ0n) is 16.9. The zero-order chi connectivity index (χ0) is 20.5. The summed E-state index contributed by atoms with van der Waals surface area (Å²) in [6, 6.07) is 11.1. The van der Waals surface area contributed by atoms with E-state index in [-0.39, 0.29) is 0 Å². The molecule has 0 aliphatic carbocycles. The number of nitrogens with one attached hydrogen (secondary N) is 1. The number of nitrogens with zero attached hydrogens (tertiary/aromatic N) is 1. The van der Waals surface area contributed by atoms with E-state index in [1.165, 1.54) is 0 Å². The Morgan fingerprint density at radius 2 is 1.43 bits per heavy atom. The molecule has 0 spiro atoms. The number of methoxy groups -OCH3 is 5. The predicted octanol–water partition coefficient (Wildman–Crippen LogP) is 3.13. The van der Waals surface area contributed by atoms with Gasteiger partial charge < -0.3 is 23.7 Å². The fraction of sp³-hybridized carbons (Fsp3) is 0.381. The normalized spacial score (nSPS) is 11.3. The molecule has 0 saturated heterocycles. The van der Waals surface area contributed by atoms with E-state index < -0.39 is 6.04 Å². The molecule has 0 unspecified atom stereocenters. The van der Waals surface area contributed by atoms with Crippen molar-refractivity contribution in [2.24, 2.45) is 0 Å². The van der Waals surface area contributed by atoms with Gasteiger partial charge in [-0.15, -0.1) is 0 Å². The van der Waals surface area contributed by atoms with Crippen molar-refractivity contribution in [2.45, 2.75) is 12.5 Å². The molecule has 2 rings (SSSR count). The van der Waals surface area contributed by atoms with Crippen LogP contribution in [0.15, 0.2) is 30.3 Å². The summed E-state index contributed by atoms with van der Waals surface area (Å²) in [5, 5.41) is 12.9. The minimum absolute atomic E-state index is 0.496. The third-order valence-electron chi connectivity index (χ3n) is 4.36. The molecule has 0 aromatic heterocycles. The molecule has 2 aromatic carbocycles. The van der Waals surface area contributed by atoms with E-state index in [1.54, 1.807) is 47.7 Å². The molecule has 28 heavy (non-hydrogen) atoms. The van der Waals surface area contributed by atoms with Crippen molar-refractivity contribution in [1.29, 1.82) is 5.26 Å². The standard InChI is InChI=1S/C21H26N2O5/c1-24-17-7-6-14(10-18(17)25-2)8-9-23-16(13-22)15-11-19(26-3)21(28-5)20(12-15)27-4/h6-7,10-12,16,23H,8-9H2,1-5H3/t16-/m0/s1. The molecule has 0 amide bonds. The maximum absolute atomic E-state index is 9.62. The van der Waals surface area contributed by atoms with Gasteiger partial charge in [0.25, 0.3) is 0 Å². The molecule has 2 aromatic rings. The van der Waals surface area contributed by atoms with Gasteiger partial charge in [0.2, 0.25) is 5.75 Å². The van der Waals surface area contributed by atoms with Gasteiger partial charge in [0.15, 0.2) is 23.0 Å². The largest absolute Gasteiger partial charge is 0.493 e. The van der Waals surface area contributed by atoms with Gasteiger partial charge in [0.05, 0.1) is 41.6 Å². The first-order valence-electron chi connectivity index (χ1n) is 8.75. The molecular formula is C21H26N2O5. The van der Waals surface area contributed by atoms with Crippen molar-refractivity contribution >= 4 is 0 Å². The molecular weight excluding hydrogens is 360 g/mol. The number of hydrogen-bond acceptors (Lipinski definition) is 7. The average Bonchev–Trinajstić information content (AvgIpc) is 2.75. The summed E-state index contributed by atoms with van der Waals surface area (Å²) in [6.07, 6.45) is 0.725. The van der Waals surface area contributed by atoms with Crippen molar-refractivity contribution in [3.8, 4) is 34.8 Å². The summed E-state index contributed by atoms with van der Waals surface area (Å²) < 4.78 is 26.6. The van der Waals surface area contributed by atoms with E-state index in [2.05, 4.69) is 11.4 Å². The smallest absolute Gasteiger partial charge is 0.203 e. The van der Waals surface area contributed by atoms with Gasteiger partial charge in [-0.3, -0.25) is 5.32 Å². The fourth-order valence-corrected chi connectivity index (χ4v) is 2.90. The van der Waals surface area contributed by atoms with Gasteiger partial charge in [0.1, 0.15) is 6.04 Å². The van der Waals surface area contributed by atoms with E-state index >= 15 is 0 Å². The molecule has 7 nitrogen and oxygen atoms in total. The van der Waals surface area contributed by atoms with Crippen LogP contribution in [0.5, 0.6) is 28.7 Å². The molecule has 0 aliphatic heterocycles. The quantitative estimate of drug-likeness (QED) is 0.672. The Hall–Kier alpha value is -3.11. The highest BCUT2D eigenvalue weighted by Crippen LogP contribution is 2.39. The second-order valence-electron chi connectivity index (χ2n) is 5.91. The van der Waals surface area contributed by atoms with Crippen molar-refractivity contribution < 1.29 is 23.7 Å². The first-order chi connectivity index (χ1) is 13.6. The van der Waals surface area contributed by atoms with Crippen LogP contribution in [0.25, 0.3) is 0 Å². The minimum Gasteiger partial charge on any atom is -0.493 e. The van der Waals surface area contributed by atoms with Crippen molar-refractivity contribution in [1.82, 2.24) is 5.32 Å². The second kappa shape index (κ2) is 10.3. The Morgan fingerprint density at radius 3 is 1.93 bits per heavy atom. The minimum atomic E-state index is -0.520. The van der Waals surface area contributed by atoms with E-state index in [0.29, 0.717) is 35.3 Å². The van der Waals surface area contributed by atoms with Crippen LogP contribution in [0.3, 0.4) is 0 Å². The highest BCUT2D eigenvalue weighted by Gasteiger charge is 2.18. The van der Waals surface area contributed by atoms with Crippen LogP contribution in [0.1, 0.15) is 17.2 Å². The lowest BCUT2D eigenvalue weighted by Gasteiger charge is -2.17. The van der Waals surface area contributed by atoms with Crippen molar-refractivity contribution in [2.75, 3.05) is 42.1 Å². The van der Waals surface area contributed by atoms with Gasteiger partial charge in [-0.25, -0.2) is 0 Å². The van der Waals surface area contributed by atoms with E-state index in [9.17, 15) is 5.26 Å². The summed E-state index contributed by atoms with van der Waals surface area (Å²) in [5.41, 5.74) is 1.82. The molecule has 0 bridgehead atoms. The molecule has 7 heteroatoms. The lowest BCUT2D eigenvalue weighted by molar-refractivity contribution is 0.323. The summed E-state index contributed by atoms with van der Waals surface area (Å²) >= 11 is 0. The molecule has 0 saturated carbocycles. The molecule has 1 atom stereocenters. The first-order valence-corrected chi connectivity index (χ1v) is 8.75. The Morgan fingerprint density at radius 1 is 0.821 bits per heavy atom. The van der Waals surface area contributed by atoms with Crippen LogP contribution in [0.4, 0.5) is 0 Å². The number of rotatable bonds is 10. The van der Waals surface area contributed by atoms with E-state index in [1.807, 2.05) is 18.2 Å². The number of benzene rings is 2. The summed E-state index contributed by atoms with van der Waals surface area (Å²) in [7, 11) is 7.85. The summed E-state index contributed by atoms with van der Waals surface area (Å²) in [5.74, 6) is 2.89. The average molecular weight is 386 g/mol. The van der Waals surface area contributed by atoms with Crippen LogP contribution in [0, 0.1) is 11.3 Å². The number of hydrogen-bond donors (Lipinski definition) is 1. The Kier molecular flexibility index (Phi) is 7.78. The molecule has 0 heterocycles. The third kappa shape index (κ3) is 4.78. The Balaban J connectivity index is 2.12. The molecule has 0 aliphatic rings. The summed E-state index contributed by atoms with van der Waals surface area (Å²) in [4.78, 5) is 0. The molecule has 150 valence electrons. The highest BCUT2D eigenvalue weighted by atomic mass is 16.5. The van der Waals surface area contributed by atoms with Gasteiger partial charge in [-0.05, 0) is 41.8 Å². The topological polar surface area (TPSA) is 82.0 Å². The Bertz CT molecular complexity index is 807. The van der Waals surface area contributed by atoms with Crippen LogP contribution in [-0.2, 0) is 6.42 Å². The van der Waals surface area contributed by atoms with Crippen molar-refractivity contribution in [3.05, 3.63) is 41.5 Å². The lowest BCUT2D eigenvalue weighted by Crippen LogP contribution is -2.22. The molecule has 1 N–H and O–H groups in total. The maximum Gasteiger partial charge on any atom is 0.203 e. The fourth-order valence-electron chi connectivity index (χ4n) is 2.90. The second-order valence-corrected chi connectivity index (χ2v) is 5.91. The molecule has 0 radical (unpaired) electrons. The van der Waals surface area contributed by atoms with Gasteiger partial charge >= 0.3 is 0 Å². The van der Waals surface area contributed by atoms with E-state index in [0.717, 1.165) is 17.5 Å². The predicted molar refractivity (Wildman–Crippen MR) is 106 cm³/mol.